The van der Waals surface area contributed by atoms with Gasteiger partial charge in [-0.1, -0.05) is 0 Å². The SMILES string of the molecule is O=C(O)C1CCN(C(=O)C2CCCOC2)C1. The molecular formula is C11H17NO4. The van der Waals surface area contributed by atoms with Crippen molar-refractivity contribution in [1.29, 1.82) is 0 Å². The van der Waals surface area contributed by atoms with Crippen molar-refractivity contribution in [2.24, 2.45) is 11.8 Å². The normalized spacial score (nSPS) is 30.4. The molecule has 0 aromatic rings. The van der Waals surface area contributed by atoms with E-state index in [-0.39, 0.29) is 17.7 Å². The van der Waals surface area contributed by atoms with Crippen molar-refractivity contribution in [2.45, 2.75) is 19.3 Å². The van der Waals surface area contributed by atoms with Crippen LogP contribution in [0.5, 0.6) is 0 Å². The fourth-order valence-corrected chi connectivity index (χ4v) is 2.36. The number of carboxylic acid groups (broad SMARTS) is 1. The lowest BCUT2D eigenvalue weighted by Crippen LogP contribution is -2.38. The Morgan fingerprint density at radius 2 is 2.06 bits per heavy atom. The Kier molecular flexibility index (Phi) is 3.43. The van der Waals surface area contributed by atoms with Gasteiger partial charge in [-0.15, -0.1) is 0 Å². The number of carboxylic acids is 1. The molecular weight excluding hydrogens is 210 g/mol. The number of amides is 1. The van der Waals surface area contributed by atoms with E-state index >= 15 is 0 Å². The third-order valence-corrected chi connectivity index (χ3v) is 3.36. The summed E-state index contributed by atoms with van der Waals surface area (Å²) in [6.07, 6.45) is 2.37. The molecule has 2 saturated heterocycles. The van der Waals surface area contributed by atoms with E-state index in [0.29, 0.717) is 26.1 Å². The van der Waals surface area contributed by atoms with Crippen LogP contribution in [-0.4, -0.2) is 48.2 Å². The molecule has 90 valence electrons. The minimum absolute atomic E-state index is 0.0544. The number of hydrogen-bond acceptors (Lipinski definition) is 3. The van der Waals surface area contributed by atoms with Gasteiger partial charge in [0.05, 0.1) is 18.4 Å². The molecule has 16 heavy (non-hydrogen) atoms. The number of hydrogen-bond donors (Lipinski definition) is 1. The topological polar surface area (TPSA) is 66.8 Å². The van der Waals surface area contributed by atoms with Crippen LogP contribution in [-0.2, 0) is 14.3 Å². The molecule has 2 heterocycles. The Labute approximate surface area is 94.4 Å². The summed E-state index contributed by atoms with van der Waals surface area (Å²) >= 11 is 0. The number of nitrogens with zero attached hydrogens (tertiary/aromatic N) is 1. The Morgan fingerprint density at radius 3 is 2.62 bits per heavy atom. The predicted octanol–water partition coefficient (Wildman–Crippen LogP) is 0.346. The van der Waals surface area contributed by atoms with Gasteiger partial charge in [0.1, 0.15) is 0 Å². The van der Waals surface area contributed by atoms with E-state index in [2.05, 4.69) is 0 Å². The highest BCUT2D eigenvalue weighted by Crippen LogP contribution is 2.22. The van der Waals surface area contributed by atoms with E-state index in [1.807, 2.05) is 0 Å². The molecule has 2 unspecified atom stereocenters. The maximum atomic E-state index is 12.0. The first kappa shape index (κ1) is 11.4. The van der Waals surface area contributed by atoms with Gasteiger partial charge in [-0.05, 0) is 19.3 Å². The second kappa shape index (κ2) is 4.82. The molecule has 1 amide bonds. The monoisotopic (exact) mass is 227 g/mol. The molecule has 0 saturated carbocycles. The molecule has 0 aromatic heterocycles. The summed E-state index contributed by atoms with van der Waals surface area (Å²) < 4.78 is 5.27. The average Bonchev–Trinajstić information content (AvgIpc) is 2.78. The summed E-state index contributed by atoms with van der Waals surface area (Å²) in [5.74, 6) is -1.16. The quantitative estimate of drug-likeness (QED) is 0.739. The third kappa shape index (κ3) is 2.35. The zero-order valence-electron chi connectivity index (χ0n) is 9.22. The van der Waals surface area contributed by atoms with Crippen molar-refractivity contribution in [2.75, 3.05) is 26.3 Å². The van der Waals surface area contributed by atoms with Crippen molar-refractivity contribution in [3.63, 3.8) is 0 Å². The van der Waals surface area contributed by atoms with Crippen LogP contribution in [0.2, 0.25) is 0 Å². The first-order chi connectivity index (χ1) is 7.68. The maximum absolute atomic E-state index is 12.0. The minimum Gasteiger partial charge on any atom is -0.481 e. The molecule has 2 aliphatic rings. The van der Waals surface area contributed by atoms with Crippen molar-refractivity contribution >= 4 is 11.9 Å². The van der Waals surface area contributed by atoms with Gasteiger partial charge in [-0.25, -0.2) is 0 Å². The van der Waals surface area contributed by atoms with Gasteiger partial charge in [-0.2, -0.15) is 0 Å². The number of ether oxygens (including phenoxy) is 1. The summed E-state index contributed by atoms with van der Waals surface area (Å²) in [5, 5.41) is 8.86. The largest absolute Gasteiger partial charge is 0.481 e. The second-order valence-corrected chi connectivity index (χ2v) is 4.52. The zero-order valence-corrected chi connectivity index (χ0v) is 9.22. The van der Waals surface area contributed by atoms with Gasteiger partial charge >= 0.3 is 5.97 Å². The molecule has 0 spiro atoms. The molecule has 2 fully saturated rings. The van der Waals surface area contributed by atoms with Gasteiger partial charge in [0, 0.05) is 19.7 Å². The number of carbonyl (C=O) groups is 2. The fourth-order valence-electron chi connectivity index (χ4n) is 2.36. The van der Waals surface area contributed by atoms with Crippen LogP contribution < -0.4 is 0 Å². The van der Waals surface area contributed by atoms with Gasteiger partial charge in [0.2, 0.25) is 5.91 Å². The van der Waals surface area contributed by atoms with Gasteiger partial charge in [-0.3, -0.25) is 9.59 Å². The molecule has 0 bridgehead atoms. The number of carbonyl (C=O) groups excluding carboxylic acids is 1. The van der Waals surface area contributed by atoms with Gasteiger partial charge in [0.15, 0.2) is 0 Å². The Bertz CT molecular complexity index is 286. The fraction of sp³-hybridized carbons (Fsp3) is 0.818. The number of likely N-dealkylation sites (tertiary alicyclic amines) is 1. The number of rotatable bonds is 2. The summed E-state index contributed by atoms with van der Waals surface area (Å²) in [5.41, 5.74) is 0. The van der Waals surface area contributed by atoms with Crippen LogP contribution in [0.25, 0.3) is 0 Å². The molecule has 2 atom stereocenters. The standard InChI is InChI=1S/C11H17NO4/c13-10(9-2-1-5-16-7-9)12-4-3-8(6-12)11(14)15/h8-9H,1-7H2,(H,14,15). The molecule has 5 nitrogen and oxygen atoms in total. The Morgan fingerprint density at radius 1 is 1.25 bits per heavy atom. The zero-order chi connectivity index (χ0) is 11.5. The molecule has 0 aliphatic carbocycles. The summed E-state index contributed by atoms with van der Waals surface area (Å²) in [6, 6.07) is 0. The van der Waals surface area contributed by atoms with E-state index in [9.17, 15) is 9.59 Å². The van der Waals surface area contributed by atoms with E-state index < -0.39 is 5.97 Å². The summed E-state index contributed by atoms with van der Waals surface area (Å²) in [4.78, 5) is 24.5. The molecule has 0 radical (unpaired) electrons. The van der Waals surface area contributed by atoms with E-state index in [0.717, 1.165) is 19.4 Å². The van der Waals surface area contributed by atoms with Gasteiger partial charge < -0.3 is 14.7 Å². The smallest absolute Gasteiger partial charge is 0.308 e. The van der Waals surface area contributed by atoms with Crippen molar-refractivity contribution in [3.8, 4) is 0 Å². The lowest BCUT2D eigenvalue weighted by Gasteiger charge is -2.26. The van der Waals surface area contributed by atoms with E-state index in [1.165, 1.54) is 0 Å². The van der Waals surface area contributed by atoms with Crippen LogP contribution in [0, 0.1) is 11.8 Å². The molecule has 0 aromatic carbocycles. The van der Waals surface area contributed by atoms with Crippen LogP contribution in [0.15, 0.2) is 0 Å². The first-order valence-corrected chi connectivity index (χ1v) is 5.78. The Hall–Kier alpha value is -1.10. The van der Waals surface area contributed by atoms with Crippen LogP contribution >= 0.6 is 0 Å². The van der Waals surface area contributed by atoms with Crippen LogP contribution in [0.4, 0.5) is 0 Å². The van der Waals surface area contributed by atoms with Crippen molar-refractivity contribution in [3.05, 3.63) is 0 Å². The van der Waals surface area contributed by atoms with E-state index in [4.69, 9.17) is 9.84 Å². The molecule has 2 rings (SSSR count). The summed E-state index contributed by atoms with van der Waals surface area (Å²) in [7, 11) is 0. The van der Waals surface area contributed by atoms with Gasteiger partial charge in [0.25, 0.3) is 0 Å². The minimum atomic E-state index is -0.796. The second-order valence-electron chi connectivity index (χ2n) is 4.52. The van der Waals surface area contributed by atoms with Crippen molar-refractivity contribution < 1.29 is 19.4 Å². The van der Waals surface area contributed by atoms with Crippen LogP contribution in [0.3, 0.4) is 0 Å². The first-order valence-electron chi connectivity index (χ1n) is 5.78. The highest BCUT2D eigenvalue weighted by molar-refractivity contribution is 5.81. The molecule has 1 N–H and O–H groups in total. The molecule has 2 aliphatic heterocycles. The van der Waals surface area contributed by atoms with Crippen molar-refractivity contribution in [1.82, 2.24) is 4.90 Å². The lowest BCUT2D eigenvalue weighted by molar-refractivity contribution is -0.142. The highest BCUT2D eigenvalue weighted by Gasteiger charge is 2.34. The predicted molar refractivity (Wildman–Crippen MR) is 55.9 cm³/mol. The van der Waals surface area contributed by atoms with E-state index in [1.54, 1.807) is 4.90 Å². The lowest BCUT2D eigenvalue weighted by atomic mass is 10.0. The highest BCUT2D eigenvalue weighted by atomic mass is 16.5. The Balaban J connectivity index is 1.88. The number of aliphatic carboxylic acids is 1. The maximum Gasteiger partial charge on any atom is 0.308 e. The van der Waals surface area contributed by atoms with Crippen LogP contribution in [0.1, 0.15) is 19.3 Å². The summed E-state index contributed by atoms with van der Waals surface area (Å²) in [6.45, 7) is 2.17. The molecule has 5 heteroatoms. The average molecular weight is 227 g/mol. The third-order valence-electron chi connectivity index (χ3n) is 3.36.